The first-order valence-corrected chi connectivity index (χ1v) is 7.52. The van der Waals surface area contributed by atoms with Crippen molar-refractivity contribution in [3.05, 3.63) is 26.7 Å². The van der Waals surface area contributed by atoms with Crippen LogP contribution in [0.2, 0.25) is 10.0 Å². The van der Waals surface area contributed by atoms with Crippen LogP contribution < -0.4 is 5.32 Å². The maximum absolute atomic E-state index is 12.3. The molecule has 0 fully saturated rings. The minimum absolute atomic E-state index is 0.242. The van der Waals surface area contributed by atoms with Gasteiger partial charge < -0.3 is 15.3 Å². The number of amides is 2. The molecular formula is C13H15BrCl2N2O3. The smallest absolute Gasteiger partial charge is 0.323 e. The summed E-state index contributed by atoms with van der Waals surface area (Å²) in [6, 6.07) is 2.58. The predicted octanol–water partition coefficient (Wildman–Crippen LogP) is 4.47. The topological polar surface area (TPSA) is 69.6 Å². The summed E-state index contributed by atoms with van der Waals surface area (Å²) in [6.07, 6.45) is 0. The Balaban J connectivity index is 3.05. The van der Waals surface area contributed by atoms with E-state index in [0.717, 1.165) is 0 Å². The molecule has 8 heteroatoms. The van der Waals surface area contributed by atoms with Gasteiger partial charge in [-0.3, -0.25) is 4.79 Å². The van der Waals surface area contributed by atoms with E-state index in [1.54, 1.807) is 32.9 Å². The molecule has 21 heavy (non-hydrogen) atoms. The lowest BCUT2D eigenvalue weighted by Gasteiger charge is -2.34. The van der Waals surface area contributed by atoms with Gasteiger partial charge in [0.25, 0.3) is 0 Å². The van der Waals surface area contributed by atoms with Crippen LogP contribution in [0, 0.1) is 0 Å². The molecule has 0 spiro atoms. The number of anilines is 1. The van der Waals surface area contributed by atoms with Crippen LogP contribution in [0.4, 0.5) is 10.5 Å². The van der Waals surface area contributed by atoms with Gasteiger partial charge in [0.05, 0.1) is 15.7 Å². The number of nitrogens with zero attached hydrogens (tertiary/aromatic N) is 1. The molecule has 0 aliphatic heterocycles. The third-order valence-corrected chi connectivity index (χ3v) is 3.64. The minimum Gasteiger partial charge on any atom is -0.480 e. The maximum atomic E-state index is 12.3. The molecule has 2 N–H and O–H groups in total. The van der Waals surface area contributed by atoms with E-state index in [4.69, 9.17) is 28.3 Å². The number of nitrogens with one attached hydrogen (secondary N) is 1. The number of halogens is 3. The van der Waals surface area contributed by atoms with Crippen LogP contribution in [0.1, 0.15) is 20.8 Å². The second-order valence-electron chi connectivity index (χ2n) is 5.33. The molecule has 1 rings (SSSR count). The summed E-state index contributed by atoms with van der Waals surface area (Å²) < 4.78 is 0.675. The van der Waals surface area contributed by atoms with Gasteiger partial charge in [-0.2, -0.15) is 0 Å². The molecule has 0 aliphatic carbocycles. The lowest BCUT2D eigenvalue weighted by molar-refractivity contribution is -0.138. The first-order chi connectivity index (χ1) is 9.52. The number of carboxylic acid groups (broad SMARTS) is 1. The van der Waals surface area contributed by atoms with Crippen LogP contribution >= 0.6 is 39.1 Å². The highest BCUT2D eigenvalue weighted by Gasteiger charge is 2.29. The summed E-state index contributed by atoms with van der Waals surface area (Å²) in [6.45, 7) is 4.78. The van der Waals surface area contributed by atoms with E-state index in [1.807, 2.05) is 0 Å². The van der Waals surface area contributed by atoms with Crippen LogP contribution in [-0.2, 0) is 4.79 Å². The Labute approximate surface area is 141 Å². The second kappa shape index (κ2) is 6.85. The average molecular weight is 398 g/mol. The van der Waals surface area contributed by atoms with Crippen LogP contribution in [-0.4, -0.2) is 34.1 Å². The summed E-state index contributed by atoms with van der Waals surface area (Å²) >= 11 is 15.3. The molecule has 1 aromatic carbocycles. The fourth-order valence-electron chi connectivity index (χ4n) is 1.58. The summed E-state index contributed by atoms with van der Waals surface area (Å²) in [5, 5.41) is 12.0. The Hall–Kier alpha value is -0.980. The second-order valence-corrected chi connectivity index (χ2v) is 7.06. The molecule has 0 atom stereocenters. The van der Waals surface area contributed by atoms with E-state index in [9.17, 15) is 9.59 Å². The molecule has 116 valence electrons. The average Bonchev–Trinajstić information content (AvgIpc) is 2.28. The van der Waals surface area contributed by atoms with Gasteiger partial charge in [-0.25, -0.2) is 4.79 Å². The first kappa shape index (κ1) is 18.1. The molecule has 0 saturated heterocycles. The molecule has 0 aromatic heterocycles. The highest BCUT2D eigenvalue weighted by molar-refractivity contribution is 9.10. The lowest BCUT2D eigenvalue weighted by Crippen LogP contribution is -2.50. The predicted molar refractivity (Wildman–Crippen MR) is 87.3 cm³/mol. The Bertz CT molecular complexity index is 550. The van der Waals surface area contributed by atoms with Gasteiger partial charge in [-0.05, 0) is 32.9 Å². The van der Waals surface area contributed by atoms with Gasteiger partial charge in [-0.1, -0.05) is 39.1 Å². The Kier molecular flexibility index (Phi) is 5.90. The largest absolute Gasteiger partial charge is 0.480 e. The number of carboxylic acids is 1. The van der Waals surface area contributed by atoms with Crippen molar-refractivity contribution >= 4 is 56.8 Å². The normalized spacial score (nSPS) is 11.1. The Morgan fingerprint density at radius 2 is 1.76 bits per heavy atom. The zero-order chi connectivity index (χ0) is 16.4. The van der Waals surface area contributed by atoms with Gasteiger partial charge in [0.1, 0.15) is 6.54 Å². The fraction of sp³-hybridized carbons (Fsp3) is 0.385. The highest BCUT2D eigenvalue weighted by atomic mass is 79.9. The van der Waals surface area contributed by atoms with E-state index < -0.39 is 24.1 Å². The number of carbonyl (C=O) groups is 2. The zero-order valence-corrected chi connectivity index (χ0v) is 14.8. The molecule has 5 nitrogen and oxygen atoms in total. The molecule has 0 bridgehead atoms. The van der Waals surface area contributed by atoms with Gasteiger partial charge in [-0.15, -0.1) is 0 Å². The van der Waals surface area contributed by atoms with Crippen molar-refractivity contribution in [1.29, 1.82) is 0 Å². The zero-order valence-electron chi connectivity index (χ0n) is 11.7. The van der Waals surface area contributed by atoms with E-state index in [1.165, 1.54) is 4.90 Å². The summed E-state index contributed by atoms with van der Waals surface area (Å²) in [5.74, 6) is -1.10. The van der Waals surface area contributed by atoms with Crippen LogP contribution in [0.5, 0.6) is 0 Å². The molecule has 0 radical (unpaired) electrons. The van der Waals surface area contributed by atoms with Gasteiger partial charge >= 0.3 is 12.0 Å². The van der Waals surface area contributed by atoms with Crippen molar-refractivity contribution in [2.75, 3.05) is 11.9 Å². The Morgan fingerprint density at radius 1 is 1.29 bits per heavy atom. The number of benzene rings is 1. The van der Waals surface area contributed by atoms with Crippen molar-refractivity contribution in [2.45, 2.75) is 26.3 Å². The number of aliphatic carboxylic acids is 1. The third-order valence-electron chi connectivity index (χ3n) is 2.59. The standard InChI is InChI=1S/C13H15BrCl2N2O3/c1-13(2,3)18(6-10(19)20)12(21)17-11-8(15)4-7(14)5-9(11)16/h4-5H,6H2,1-3H3,(H,17,21)(H,19,20). The Morgan fingerprint density at radius 3 is 2.14 bits per heavy atom. The van der Waals surface area contributed by atoms with Crippen molar-refractivity contribution in [2.24, 2.45) is 0 Å². The number of hydrogen-bond acceptors (Lipinski definition) is 2. The van der Waals surface area contributed by atoms with Crippen molar-refractivity contribution in [3.63, 3.8) is 0 Å². The number of rotatable bonds is 3. The van der Waals surface area contributed by atoms with Crippen molar-refractivity contribution in [3.8, 4) is 0 Å². The van der Waals surface area contributed by atoms with Gasteiger partial charge in [0.15, 0.2) is 0 Å². The fourth-order valence-corrected chi connectivity index (χ4v) is 2.89. The van der Waals surface area contributed by atoms with Crippen LogP contribution in [0.25, 0.3) is 0 Å². The third kappa shape index (κ3) is 5.05. The molecule has 0 heterocycles. The van der Waals surface area contributed by atoms with Crippen LogP contribution in [0.15, 0.2) is 16.6 Å². The number of carbonyl (C=O) groups excluding carboxylic acids is 1. The quantitative estimate of drug-likeness (QED) is 0.790. The molecule has 0 unspecified atom stereocenters. The molecule has 0 saturated carbocycles. The van der Waals surface area contributed by atoms with E-state index >= 15 is 0 Å². The summed E-state index contributed by atoms with van der Waals surface area (Å²) in [7, 11) is 0. The summed E-state index contributed by atoms with van der Waals surface area (Å²) in [5.41, 5.74) is -0.428. The van der Waals surface area contributed by atoms with E-state index in [0.29, 0.717) is 4.47 Å². The minimum atomic E-state index is -1.10. The number of hydrogen-bond donors (Lipinski definition) is 2. The maximum Gasteiger partial charge on any atom is 0.323 e. The van der Waals surface area contributed by atoms with Crippen molar-refractivity contribution < 1.29 is 14.7 Å². The molecular weight excluding hydrogens is 383 g/mol. The van der Waals surface area contributed by atoms with E-state index in [2.05, 4.69) is 21.2 Å². The first-order valence-electron chi connectivity index (χ1n) is 5.97. The van der Waals surface area contributed by atoms with Crippen molar-refractivity contribution in [1.82, 2.24) is 4.90 Å². The highest BCUT2D eigenvalue weighted by Crippen LogP contribution is 2.34. The van der Waals surface area contributed by atoms with Gasteiger partial charge in [0.2, 0.25) is 0 Å². The lowest BCUT2D eigenvalue weighted by atomic mass is 10.1. The van der Waals surface area contributed by atoms with E-state index in [-0.39, 0.29) is 15.7 Å². The molecule has 2 amide bonds. The molecule has 1 aromatic rings. The van der Waals surface area contributed by atoms with Gasteiger partial charge in [0, 0.05) is 10.0 Å². The SMILES string of the molecule is CC(C)(C)N(CC(=O)O)C(=O)Nc1c(Cl)cc(Br)cc1Cl. The molecule has 0 aliphatic rings. The summed E-state index contributed by atoms with van der Waals surface area (Å²) in [4.78, 5) is 24.4. The monoisotopic (exact) mass is 396 g/mol. The van der Waals surface area contributed by atoms with Crippen LogP contribution in [0.3, 0.4) is 0 Å². The number of urea groups is 1.